The van der Waals surface area contributed by atoms with Crippen molar-refractivity contribution in [2.24, 2.45) is 22.9 Å². The van der Waals surface area contributed by atoms with E-state index in [4.69, 9.17) is 22.9 Å². The molecule has 0 aliphatic heterocycles. The third kappa shape index (κ3) is 13.7. The van der Waals surface area contributed by atoms with Crippen molar-refractivity contribution in [1.82, 2.24) is 16.0 Å². The molecule has 12 nitrogen and oxygen atoms in total. The molecule has 0 radical (unpaired) electrons. The van der Waals surface area contributed by atoms with Gasteiger partial charge in [-0.15, -0.1) is 0 Å². The number of unbranched alkanes of at least 4 members (excludes halogenated alkanes) is 3. The van der Waals surface area contributed by atoms with Gasteiger partial charge in [0.25, 0.3) is 0 Å². The number of carbonyl (C=O) groups excluding carboxylic acids is 3. The smallest absolute Gasteiger partial charge is 0.326 e. The summed E-state index contributed by atoms with van der Waals surface area (Å²) >= 11 is 4.00. The van der Waals surface area contributed by atoms with Gasteiger partial charge >= 0.3 is 5.97 Å². The first kappa shape index (κ1) is 32.1. The van der Waals surface area contributed by atoms with Gasteiger partial charge in [0.1, 0.15) is 18.1 Å². The molecular formula is C21H43N7O5S. The Labute approximate surface area is 207 Å². The summed E-state index contributed by atoms with van der Waals surface area (Å²) in [6.07, 6.45) is 4.39. The SMILES string of the molecule is NCCCCC(NC(=O)C(CCCCN)NC(=O)C(CCCCN)NC(=O)C(N)CS)C(=O)O. The molecule has 0 aromatic heterocycles. The Kier molecular flexibility index (Phi) is 18.3. The van der Waals surface area contributed by atoms with E-state index < -0.39 is 47.9 Å². The van der Waals surface area contributed by atoms with Gasteiger partial charge in [-0.1, -0.05) is 0 Å². The Bertz CT molecular complexity index is 626. The molecule has 0 saturated heterocycles. The van der Waals surface area contributed by atoms with Gasteiger partial charge in [0.15, 0.2) is 0 Å². The summed E-state index contributed by atoms with van der Waals surface area (Å²) in [6, 6.07) is -3.89. The molecule has 3 amide bonds. The zero-order valence-electron chi connectivity index (χ0n) is 19.8. The van der Waals surface area contributed by atoms with E-state index in [0.717, 1.165) is 0 Å². The van der Waals surface area contributed by atoms with Crippen molar-refractivity contribution in [3.8, 4) is 0 Å². The minimum absolute atomic E-state index is 0.105. The second-order valence-corrected chi connectivity index (χ2v) is 8.53. The number of carboxylic acid groups (broad SMARTS) is 1. The average Bonchev–Trinajstić information content (AvgIpc) is 2.81. The number of rotatable bonds is 20. The van der Waals surface area contributed by atoms with E-state index in [1.165, 1.54) is 0 Å². The Hall–Kier alpha value is -1.93. The van der Waals surface area contributed by atoms with Crippen LogP contribution in [0.5, 0.6) is 0 Å². The molecule has 0 aliphatic rings. The Morgan fingerprint density at radius 2 is 1.00 bits per heavy atom. The molecule has 0 fully saturated rings. The van der Waals surface area contributed by atoms with Crippen molar-refractivity contribution < 1.29 is 24.3 Å². The van der Waals surface area contributed by atoms with Gasteiger partial charge in [-0.25, -0.2) is 4.79 Å². The summed E-state index contributed by atoms with van der Waals surface area (Å²) in [5, 5.41) is 17.2. The largest absolute Gasteiger partial charge is 0.480 e. The van der Waals surface area contributed by atoms with Gasteiger partial charge < -0.3 is 44.0 Å². The Morgan fingerprint density at radius 3 is 1.35 bits per heavy atom. The molecule has 198 valence electrons. The normalized spacial score (nSPS) is 14.5. The lowest BCUT2D eigenvalue weighted by molar-refractivity contribution is -0.142. The highest BCUT2D eigenvalue weighted by atomic mass is 32.1. The lowest BCUT2D eigenvalue weighted by Gasteiger charge is -2.25. The van der Waals surface area contributed by atoms with Gasteiger partial charge in [0.05, 0.1) is 6.04 Å². The molecule has 0 heterocycles. The standard InChI is InChI=1S/C21H43N7O5S/c22-10-4-1-7-15(26-18(29)14(25)13-34)19(30)27-16(8-2-5-11-23)20(31)28-17(21(32)33)9-3-6-12-24/h14-17,34H,1-13,22-25H2,(H,26,29)(H,27,30)(H,28,31)(H,32,33). The second-order valence-electron chi connectivity index (χ2n) is 8.16. The van der Waals surface area contributed by atoms with E-state index in [1.54, 1.807) is 0 Å². The number of thiol groups is 1. The Balaban J connectivity index is 5.41. The van der Waals surface area contributed by atoms with Gasteiger partial charge in [-0.2, -0.15) is 12.6 Å². The molecule has 0 aromatic rings. The number of nitrogens with one attached hydrogen (secondary N) is 3. The summed E-state index contributed by atoms with van der Waals surface area (Å²) < 4.78 is 0. The highest BCUT2D eigenvalue weighted by Gasteiger charge is 2.29. The summed E-state index contributed by atoms with van der Waals surface area (Å²) in [6.45, 7) is 1.27. The van der Waals surface area contributed by atoms with Crippen LogP contribution in [0.2, 0.25) is 0 Å². The van der Waals surface area contributed by atoms with E-state index >= 15 is 0 Å². The van der Waals surface area contributed by atoms with Gasteiger partial charge in [0, 0.05) is 5.75 Å². The van der Waals surface area contributed by atoms with Crippen molar-refractivity contribution >= 4 is 36.3 Å². The molecule has 34 heavy (non-hydrogen) atoms. The van der Waals surface area contributed by atoms with Crippen molar-refractivity contribution in [2.75, 3.05) is 25.4 Å². The number of nitrogens with two attached hydrogens (primary N) is 4. The van der Waals surface area contributed by atoms with Gasteiger partial charge in [-0.3, -0.25) is 14.4 Å². The van der Waals surface area contributed by atoms with E-state index in [9.17, 15) is 24.3 Å². The van der Waals surface area contributed by atoms with Crippen LogP contribution in [-0.4, -0.2) is 78.4 Å². The van der Waals surface area contributed by atoms with Crippen LogP contribution in [0.1, 0.15) is 57.8 Å². The Morgan fingerprint density at radius 1 is 0.647 bits per heavy atom. The molecule has 0 saturated carbocycles. The highest BCUT2D eigenvalue weighted by molar-refractivity contribution is 7.80. The van der Waals surface area contributed by atoms with Crippen molar-refractivity contribution in [3.63, 3.8) is 0 Å². The first-order valence-electron chi connectivity index (χ1n) is 11.8. The van der Waals surface area contributed by atoms with Crippen LogP contribution in [0.3, 0.4) is 0 Å². The maximum atomic E-state index is 13.0. The predicted octanol–water partition coefficient (Wildman–Crippen LogP) is -1.83. The zero-order valence-corrected chi connectivity index (χ0v) is 20.7. The molecule has 13 heteroatoms. The van der Waals surface area contributed by atoms with Crippen LogP contribution in [0, 0.1) is 0 Å². The molecule has 0 rings (SSSR count). The lowest BCUT2D eigenvalue weighted by Crippen LogP contribution is -2.57. The quantitative estimate of drug-likeness (QED) is 0.0668. The van der Waals surface area contributed by atoms with Crippen LogP contribution in [0.4, 0.5) is 0 Å². The van der Waals surface area contributed by atoms with Crippen LogP contribution < -0.4 is 38.9 Å². The molecule has 4 unspecified atom stereocenters. The third-order valence-electron chi connectivity index (χ3n) is 5.25. The number of carbonyl (C=O) groups is 4. The first-order valence-corrected chi connectivity index (χ1v) is 12.5. The monoisotopic (exact) mass is 505 g/mol. The zero-order chi connectivity index (χ0) is 25.9. The van der Waals surface area contributed by atoms with E-state index in [2.05, 4.69) is 28.6 Å². The number of aliphatic carboxylic acids is 1. The molecule has 0 aliphatic carbocycles. The molecule has 0 aromatic carbocycles. The minimum Gasteiger partial charge on any atom is -0.480 e. The molecular weight excluding hydrogens is 462 g/mol. The van der Waals surface area contributed by atoms with Crippen LogP contribution in [0.15, 0.2) is 0 Å². The fraction of sp³-hybridized carbons (Fsp3) is 0.810. The number of hydrogen-bond donors (Lipinski definition) is 9. The second kappa shape index (κ2) is 19.4. The molecule has 0 bridgehead atoms. The molecule has 12 N–H and O–H groups in total. The van der Waals surface area contributed by atoms with Crippen LogP contribution >= 0.6 is 12.6 Å². The van der Waals surface area contributed by atoms with E-state index in [0.29, 0.717) is 64.6 Å². The average molecular weight is 506 g/mol. The first-order chi connectivity index (χ1) is 16.2. The van der Waals surface area contributed by atoms with Crippen LogP contribution in [-0.2, 0) is 19.2 Å². The minimum atomic E-state index is -1.16. The van der Waals surface area contributed by atoms with Crippen molar-refractivity contribution in [2.45, 2.75) is 82.0 Å². The van der Waals surface area contributed by atoms with E-state index in [1.807, 2.05) is 0 Å². The van der Waals surface area contributed by atoms with Gasteiger partial charge in [0.2, 0.25) is 17.7 Å². The number of amides is 3. The van der Waals surface area contributed by atoms with Crippen molar-refractivity contribution in [1.29, 1.82) is 0 Å². The predicted molar refractivity (Wildman–Crippen MR) is 134 cm³/mol. The van der Waals surface area contributed by atoms with Crippen LogP contribution in [0.25, 0.3) is 0 Å². The summed E-state index contributed by atoms with van der Waals surface area (Å²) in [5.74, 6) is -2.75. The third-order valence-corrected chi connectivity index (χ3v) is 5.65. The summed E-state index contributed by atoms with van der Waals surface area (Å²) in [4.78, 5) is 49.7. The molecule has 4 atom stereocenters. The fourth-order valence-electron chi connectivity index (χ4n) is 3.18. The summed E-state index contributed by atoms with van der Waals surface area (Å²) in [7, 11) is 0. The summed E-state index contributed by atoms with van der Waals surface area (Å²) in [5.41, 5.74) is 22.2. The maximum Gasteiger partial charge on any atom is 0.326 e. The lowest BCUT2D eigenvalue weighted by atomic mass is 10.0. The highest BCUT2D eigenvalue weighted by Crippen LogP contribution is 2.08. The van der Waals surface area contributed by atoms with Gasteiger partial charge in [-0.05, 0) is 77.4 Å². The van der Waals surface area contributed by atoms with E-state index in [-0.39, 0.29) is 18.6 Å². The topological polar surface area (TPSA) is 229 Å². The number of carboxylic acids is 1. The molecule has 0 spiro atoms. The van der Waals surface area contributed by atoms with Crippen molar-refractivity contribution in [3.05, 3.63) is 0 Å². The fourth-order valence-corrected chi connectivity index (χ4v) is 3.35. The maximum absolute atomic E-state index is 13.0. The number of hydrogen-bond acceptors (Lipinski definition) is 9.